The largest absolute Gasteiger partial charge is 0.397 e. The van der Waals surface area contributed by atoms with Crippen molar-refractivity contribution in [2.45, 2.75) is 11.3 Å². The van der Waals surface area contributed by atoms with Crippen LogP contribution in [0.4, 0.5) is 5.69 Å². The molecule has 0 saturated carbocycles. The van der Waals surface area contributed by atoms with Crippen LogP contribution < -0.4 is 5.73 Å². The Balaban J connectivity index is 1.88. The lowest BCUT2D eigenvalue weighted by molar-refractivity contribution is 0.189. The first-order valence-electron chi connectivity index (χ1n) is 4.76. The summed E-state index contributed by atoms with van der Waals surface area (Å²) in [5, 5.41) is 0. The van der Waals surface area contributed by atoms with E-state index < -0.39 is 0 Å². The SMILES string of the molecule is Nc1cnccc1SCC1CCOC1. The standard InChI is InChI=1S/C10H14N2OS/c11-9-5-12-3-1-10(9)14-7-8-2-4-13-6-8/h1,3,5,8H,2,4,6-7,11H2. The van der Waals surface area contributed by atoms with E-state index in [-0.39, 0.29) is 0 Å². The van der Waals surface area contributed by atoms with Crippen LogP contribution in [0, 0.1) is 5.92 Å². The Hall–Kier alpha value is -0.740. The van der Waals surface area contributed by atoms with Gasteiger partial charge in [0.15, 0.2) is 0 Å². The van der Waals surface area contributed by atoms with Gasteiger partial charge in [-0.1, -0.05) is 0 Å². The van der Waals surface area contributed by atoms with Gasteiger partial charge in [0.05, 0.1) is 18.5 Å². The van der Waals surface area contributed by atoms with E-state index in [4.69, 9.17) is 10.5 Å². The molecule has 1 unspecified atom stereocenters. The van der Waals surface area contributed by atoms with E-state index >= 15 is 0 Å². The number of nitrogens with zero attached hydrogens (tertiary/aromatic N) is 1. The Bertz CT molecular complexity index is 300. The number of thioether (sulfide) groups is 1. The third kappa shape index (κ3) is 2.39. The minimum Gasteiger partial charge on any atom is -0.397 e. The third-order valence-electron chi connectivity index (χ3n) is 2.31. The second-order valence-electron chi connectivity index (χ2n) is 3.45. The maximum Gasteiger partial charge on any atom is 0.0638 e. The molecule has 1 aromatic heterocycles. The average Bonchev–Trinajstić information content (AvgIpc) is 2.69. The Kier molecular flexibility index (Phi) is 3.26. The smallest absolute Gasteiger partial charge is 0.0638 e. The van der Waals surface area contributed by atoms with Gasteiger partial charge in [0.25, 0.3) is 0 Å². The molecule has 3 nitrogen and oxygen atoms in total. The Morgan fingerprint density at radius 1 is 1.64 bits per heavy atom. The monoisotopic (exact) mass is 210 g/mol. The highest BCUT2D eigenvalue weighted by atomic mass is 32.2. The number of pyridine rings is 1. The molecule has 0 spiro atoms. The van der Waals surface area contributed by atoms with Crippen molar-refractivity contribution >= 4 is 17.4 Å². The van der Waals surface area contributed by atoms with Crippen molar-refractivity contribution in [2.24, 2.45) is 5.92 Å². The first kappa shape index (κ1) is 9.80. The summed E-state index contributed by atoms with van der Waals surface area (Å²) in [6.07, 6.45) is 4.66. The first-order chi connectivity index (χ1) is 6.86. The molecule has 14 heavy (non-hydrogen) atoms. The highest BCUT2D eigenvalue weighted by molar-refractivity contribution is 7.99. The summed E-state index contributed by atoms with van der Waals surface area (Å²) in [6.45, 7) is 1.81. The topological polar surface area (TPSA) is 48.1 Å². The van der Waals surface area contributed by atoms with Crippen LogP contribution in [0.3, 0.4) is 0 Å². The van der Waals surface area contributed by atoms with Crippen LogP contribution in [0.25, 0.3) is 0 Å². The van der Waals surface area contributed by atoms with Crippen molar-refractivity contribution in [3.05, 3.63) is 18.5 Å². The second-order valence-corrected chi connectivity index (χ2v) is 4.52. The number of rotatable bonds is 3. The molecule has 1 atom stereocenters. The zero-order valence-corrected chi connectivity index (χ0v) is 8.80. The molecule has 0 aliphatic carbocycles. The fourth-order valence-corrected chi connectivity index (χ4v) is 2.50. The van der Waals surface area contributed by atoms with Crippen LogP contribution in [0.1, 0.15) is 6.42 Å². The van der Waals surface area contributed by atoms with Gasteiger partial charge >= 0.3 is 0 Å². The van der Waals surface area contributed by atoms with Crippen LogP contribution in [0.5, 0.6) is 0 Å². The summed E-state index contributed by atoms with van der Waals surface area (Å²) < 4.78 is 5.32. The number of hydrogen-bond donors (Lipinski definition) is 1. The van der Waals surface area contributed by atoms with Crippen LogP contribution in [0.15, 0.2) is 23.4 Å². The van der Waals surface area contributed by atoms with Gasteiger partial charge in [-0.15, -0.1) is 11.8 Å². The summed E-state index contributed by atoms with van der Waals surface area (Å²) in [7, 11) is 0. The zero-order chi connectivity index (χ0) is 9.80. The lowest BCUT2D eigenvalue weighted by Gasteiger charge is -2.07. The molecular weight excluding hydrogens is 196 g/mol. The van der Waals surface area contributed by atoms with Gasteiger partial charge in [0, 0.05) is 23.5 Å². The highest BCUT2D eigenvalue weighted by Crippen LogP contribution is 2.27. The zero-order valence-electron chi connectivity index (χ0n) is 7.98. The average molecular weight is 210 g/mol. The summed E-state index contributed by atoms with van der Waals surface area (Å²) in [4.78, 5) is 5.09. The fraction of sp³-hybridized carbons (Fsp3) is 0.500. The van der Waals surface area contributed by atoms with Crippen molar-refractivity contribution in [3.8, 4) is 0 Å². The summed E-state index contributed by atoms with van der Waals surface area (Å²) in [5.74, 6) is 1.78. The van der Waals surface area contributed by atoms with E-state index in [1.807, 2.05) is 6.07 Å². The van der Waals surface area contributed by atoms with E-state index in [0.29, 0.717) is 5.92 Å². The fourth-order valence-electron chi connectivity index (χ4n) is 1.45. The molecule has 1 aliphatic heterocycles. The summed E-state index contributed by atoms with van der Waals surface area (Å²) in [5.41, 5.74) is 6.57. The Morgan fingerprint density at radius 2 is 2.57 bits per heavy atom. The van der Waals surface area contributed by atoms with E-state index in [2.05, 4.69) is 4.98 Å². The van der Waals surface area contributed by atoms with E-state index in [1.54, 1.807) is 24.2 Å². The van der Waals surface area contributed by atoms with Gasteiger partial charge in [-0.2, -0.15) is 0 Å². The van der Waals surface area contributed by atoms with Gasteiger partial charge in [-0.05, 0) is 18.4 Å². The van der Waals surface area contributed by atoms with Crippen molar-refractivity contribution < 1.29 is 4.74 Å². The minimum atomic E-state index is 0.688. The first-order valence-corrected chi connectivity index (χ1v) is 5.75. The Labute approximate surface area is 88.0 Å². The normalized spacial score (nSPS) is 21.3. The van der Waals surface area contributed by atoms with Gasteiger partial charge < -0.3 is 10.5 Å². The van der Waals surface area contributed by atoms with Crippen LogP contribution in [-0.4, -0.2) is 24.0 Å². The van der Waals surface area contributed by atoms with E-state index in [1.165, 1.54) is 6.42 Å². The molecule has 1 aromatic rings. The molecule has 2 rings (SSSR count). The molecule has 0 aromatic carbocycles. The second kappa shape index (κ2) is 4.66. The van der Waals surface area contributed by atoms with Crippen LogP contribution in [0.2, 0.25) is 0 Å². The van der Waals surface area contributed by atoms with Gasteiger partial charge in [0.2, 0.25) is 0 Å². The third-order valence-corrected chi connectivity index (χ3v) is 3.63. The lowest BCUT2D eigenvalue weighted by atomic mass is 10.2. The van der Waals surface area contributed by atoms with E-state index in [9.17, 15) is 0 Å². The summed E-state index contributed by atoms with van der Waals surface area (Å²) in [6, 6.07) is 1.97. The van der Waals surface area contributed by atoms with Gasteiger partial charge in [-0.3, -0.25) is 4.98 Å². The number of aromatic nitrogens is 1. The number of ether oxygens (including phenoxy) is 1. The molecule has 1 saturated heterocycles. The molecule has 1 fully saturated rings. The predicted molar refractivity (Wildman–Crippen MR) is 58.3 cm³/mol. The number of nitrogens with two attached hydrogens (primary N) is 1. The van der Waals surface area contributed by atoms with Crippen molar-refractivity contribution in [1.29, 1.82) is 0 Å². The molecule has 4 heteroatoms. The van der Waals surface area contributed by atoms with Gasteiger partial charge in [-0.25, -0.2) is 0 Å². The predicted octanol–water partition coefficient (Wildman–Crippen LogP) is 1.79. The quantitative estimate of drug-likeness (QED) is 0.773. The van der Waals surface area contributed by atoms with Crippen molar-refractivity contribution in [2.75, 3.05) is 24.7 Å². The maximum atomic E-state index is 5.79. The maximum absolute atomic E-state index is 5.79. The number of nitrogen functional groups attached to an aromatic ring is 1. The number of anilines is 1. The highest BCUT2D eigenvalue weighted by Gasteiger charge is 2.15. The van der Waals surface area contributed by atoms with Gasteiger partial charge in [0.1, 0.15) is 0 Å². The van der Waals surface area contributed by atoms with Crippen molar-refractivity contribution in [1.82, 2.24) is 4.98 Å². The molecule has 2 heterocycles. The Morgan fingerprint density at radius 3 is 3.29 bits per heavy atom. The molecular formula is C10H14N2OS. The number of hydrogen-bond acceptors (Lipinski definition) is 4. The van der Waals surface area contributed by atoms with Crippen LogP contribution in [-0.2, 0) is 4.74 Å². The van der Waals surface area contributed by atoms with Crippen molar-refractivity contribution in [3.63, 3.8) is 0 Å². The minimum absolute atomic E-state index is 0.688. The lowest BCUT2D eigenvalue weighted by Crippen LogP contribution is -2.02. The van der Waals surface area contributed by atoms with Crippen LogP contribution >= 0.6 is 11.8 Å². The molecule has 0 amide bonds. The molecule has 76 valence electrons. The summed E-state index contributed by atoms with van der Waals surface area (Å²) >= 11 is 1.80. The molecule has 0 radical (unpaired) electrons. The molecule has 2 N–H and O–H groups in total. The van der Waals surface area contributed by atoms with E-state index in [0.717, 1.165) is 29.5 Å². The molecule has 0 bridgehead atoms. The molecule has 1 aliphatic rings.